The average Bonchev–Trinajstić information content (AvgIpc) is 3.21. The molecule has 29 heavy (non-hydrogen) atoms. The van der Waals surface area contributed by atoms with Gasteiger partial charge in [0.1, 0.15) is 12.4 Å². The monoisotopic (exact) mass is 426 g/mol. The molecule has 2 amide bonds. The lowest BCUT2D eigenvalue weighted by atomic mass is 10.1. The molecule has 4 rings (SSSR count). The SMILES string of the molecule is CCn1cc(/C=C2\SC(=O)N(CCOc3ccccc3Cl)C2=O)c2ccccc21. The minimum Gasteiger partial charge on any atom is -0.490 e. The van der Waals surface area contributed by atoms with Crippen molar-refractivity contribution >= 4 is 51.5 Å². The maximum atomic E-state index is 12.8. The molecule has 0 radical (unpaired) electrons. The fraction of sp³-hybridized carbons (Fsp3) is 0.182. The van der Waals surface area contributed by atoms with Gasteiger partial charge in [0, 0.05) is 29.2 Å². The van der Waals surface area contributed by atoms with E-state index in [-0.39, 0.29) is 24.3 Å². The van der Waals surface area contributed by atoms with E-state index in [0.717, 1.165) is 34.8 Å². The predicted octanol–water partition coefficient (Wildman–Crippen LogP) is 5.43. The number of nitrogens with zero attached hydrogens (tertiary/aromatic N) is 2. The minimum absolute atomic E-state index is 0.171. The van der Waals surface area contributed by atoms with Crippen molar-refractivity contribution in [3.8, 4) is 5.75 Å². The Balaban J connectivity index is 1.50. The van der Waals surface area contributed by atoms with Crippen molar-refractivity contribution in [3.63, 3.8) is 0 Å². The molecule has 2 aromatic carbocycles. The fourth-order valence-electron chi connectivity index (χ4n) is 3.29. The van der Waals surface area contributed by atoms with E-state index >= 15 is 0 Å². The van der Waals surface area contributed by atoms with Gasteiger partial charge in [-0.25, -0.2) is 0 Å². The van der Waals surface area contributed by atoms with E-state index in [9.17, 15) is 9.59 Å². The molecule has 0 N–H and O–H groups in total. The van der Waals surface area contributed by atoms with Crippen molar-refractivity contribution in [1.29, 1.82) is 0 Å². The molecule has 0 aliphatic carbocycles. The molecule has 0 unspecified atom stereocenters. The number of rotatable bonds is 6. The highest BCUT2D eigenvalue weighted by Gasteiger charge is 2.35. The Morgan fingerprint density at radius 2 is 1.86 bits per heavy atom. The molecule has 0 spiro atoms. The zero-order valence-corrected chi connectivity index (χ0v) is 17.4. The van der Waals surface area contributed by atoms with Crippen LogP contribution in [0.25, 0.3) is 17.0 Å². The van der Waals surface area contributed by atoms with Gasteiger partial charge in [0.05, 0.1) is 16.5 Å². The van der Waals surface area contributed by atoms with Crippen LogP contribution in [0, 0.1) is 0 Å². The molecule has 1 saturated heterocycles. The first-order chi connectivity index (χ1) is 14.1. The van der Waals surface area contributed by atoms with Crippen LogP contribution in [0.15, 0.2) is 59.6 Å². The van der Waals surface area contributed by atoms with Gasteiger partial charge in [0.25, 0.3) is 11.1 Å². The number of hydrogen-bond acceptors (Lipinski definition) is 4. The van der Waals surface area contributed by atoms with Crippen LogP contribution in [0.2, 0.25) is 5.02 Å². The molecule has 1 aliphatic heterocycles. The summed E-state index contributed by atoms with van der Waals surface area (Å²) in [6.07, 6.45) is 3.81. The Bertz CT molecular complexity index is 1120. The minimum atomic E-state index is -0.295. The van der Waals surface area contributed by atoms with Gasteiger partial charge in [-0.05, 0) is 43.0 Å². The number of ether oxygens (including phenoxy) is 1. The van der Waals surface area contributed by atoms with Crippen LogP contribution >= 0.6 is 23.4 Å². The van der Waals surface area contributed by atoms with Gasteiger partial charge >= 0.3 is 0 Å². The Hall–Kier alpha value is -2.70. The average molecular weight is 427 g/mol. The van der Waals surface area contributed by atoms with Crippen LogP contribution in [0.4, 0.5) is 4.79 Å². The summed E-state index contributed by atoms with van der Waals surface area (Å²) in [5.74, 6) is 0.236. The van der Waals surface area contributed by atoms with E-state index in [2.05, 4.69) is 11.5 Å². The molecular formula is C22H19ClN2O3S. The zero-order valence-electron chi connectivity index (χ0n) is 15.8. The topological polar surface area (TPSA) is 51.5 Å². The van der Waals surface area contributed by atoms with Crippen molar-refractivity contribution in [1.82, 2.24) is 9.47 Å². The number of imide groups is 1. The van der Waals surface area contributed by atoms with Crippen LogP contribution in [-0.2, 0) is 11.3 Å². The van der Waals surface area contributed by atoms with E-state index in [1.54, 1.807) is 18.2 Å². The van der Waals surface area contributed by atoms with Crippen LogP contribution in [-0.4, -0.2) is 33.8 Å². The van der Waals surface area contributed by atoms with E-state index in [1.165, 1.54) is 4.90 Å². The van der Waals surface area contributed by atoms with Crippen molar-refractivity contribution in [2.24, 2.45) is 0 Å². The molecule has 0 atom stereocenters. The zero-order chi connectivity index (χ0) is 20.4. The lowest BCUT2D eigenvalue weighted by Crippen LogP contribution is -2.32. The lowest BCUT2D eigenvalue weighted by molar-refractivity contribution is -0.123. The first kappa shape index (κ1) is 19.6. The molecule has 5 nitrogen and oxygen atoms in total. The van der Waals surface area contributed by atoms with E-state index in [0.29, 0.717) is 15.7 Å². The largest absolute Gasteiger partial charge is 0.490 e. The van der Waals surface area contributed by atoms with E-state index in [1.807, 2.05) is 42.6 Å². The maximum Gasteiger partial charge on any atom is 0.293 e. The summed E-state index contributed by atoms with van der Waals surface area (Å²) in [5, 5.41) is 1.26. The number of carbonyl (C=O) groups is 2. The number of aromatic nitrogens is 1. The lowest BCUT2D eigenvalue weighted by Gasteiger charge is -2.13. The molecule has 0 saturated carbocycles. The Morgan fingerprint density at radius 1 is 1.10 bits per heavy atom. The summed E-state index contributed by atoms with van der Waals surface area (Å²) < 4.78 is 7.74. The molecule has 7 heteroatoms. The second-order valence-corrected chi connectivity index (χ2v) is 7.90. The van der Waals surface area contributed by atoms with Crippen LogP contribution in [0.3, 0.4) is 0 Å². The molecule has 2 heterocycles. The summed E-state index contributed by atoms with van der Waals surface area (Å²) in [7, 11) is 0. The number of benzene rings is 2. The molecule has 0 bridgehead atoms. The summed E-state index contributed by atoms with van der Waals surface area (Å²) in [6.45, 7) is 3.26. The van der Waals surface area contributed by atoms with Crippen molar-refractivity contribution in [2.45, 2.75) is 13.5 Å². The van der Waals surface area contributed by atoms with E-state index < -0.39 is 0 Å². The third kappa shape index (κ3) is 3.91. The number of aryl methyl sites for hydroxylation is 1. The smallest absolute Gasteiger partial charge is 0.293 e. The molecule has 1 aromatic heterocycles. The molecule has 3 aromatic rings. The van der Waals surface area contributed by atoms with Crippen LogP contribution < -0.4 is 4.74 Å². The normalized spacial score (nSPS) is 15.7. The number of carbonyl (C=O) groups excluding carboxylic acids is 2. The van der Waals surface area contributed by atoms with Gasteiger partial charge < -0.3 is 9.30 Å². The first-order valence-electron chi connectivity index (χ1n) is 9.29. The predicted molar refractivity (Wildman–Crippen MR) is 117 cm³/mol. The maximum absolute atomic E-state index is 12.8. The van der Waals surface area contributed by atoms with Gasteiger partial charge in [-0.3, -0.25) is 14.5 Å². The van der Waals surface area contributed by atoms with Crippen molar-refractivity contribution < 1.29 is 14.3 Å². The van der Waals surface area contributed by atoms with Gasteiger partial charge in [-0.15, -0.1) is 0 Å². The number of para-hydroxylation sites is 2. The Kier molecular flexibility index (Phi) is 5.65. The second-order valence-electron chi connectivity index (χ2n) is 6.50. The number of fused-ring (bicyclic) bond motifs is 1. The van der Waals surface area contributed by atoms with Gasteiger partial charge in [-0.1, -0.05) is 41.9 Å². The second kappa shape index (κ2) is 8.35. The van der Waals surface area contributed by atoms with E-state index in [4.69, 9.17) is 16.3 Å². The Morgan fingerprint density at radius 3 is 2.66 bits per heavy atom. The summed E-state index contributed by atoms with van der Waals surface area (Å²) in [5.41, 5.74) is 2.04. The number of hydrogen-bond donors (Lipinski definition) is 0. The summed E-state index contributed by atoms with van der Waals surface area (Å²) in [4.78, 5) is 26.8. The molecule has 1 aliphatic rings. The molecular weight excluding hydrogens is 408 g/mol. The molecule has 1 fully saturated rings. The highest BCUT2D eigenvalue weighted by atomic mass is 35.5. The number of amides is 2. The number of thioether (sulfide) groups is 1. The quantitative estimate of drug-likeness (QED) is 0.493. The van der Waals surface area contributed by atoms with Crippen molar-refractivity contribution in [3.05, 3.63) is 70.2 Å². The standard InChI is InChI=1S/C22H19ClN2O3S/c1-2-24-14-15(16-7-3-5-9-18(16)24)13-20-21(26)25(22(27)29-20)11-12-28-19-10-6-4-8-17(19)23/h3-10,13-14H,2,11-12H2,1H3/b20-13-. The molecule has 148 valence electrons. The third-order valence-corrected chi connectivity index (χ3v) is 5.95. The summed E-state index contributed by atoms with van der Waals surface area (Å²) in [6, 6.07) is 15.1. The van der Waals surface area contributed by atoms with Crippen molar-refractivity contribution in [2.75, 3.05) is 13.2 Å². The Labute approximate surface area is 177 Å². The highest BCUT2D eigenvalue weighted by molar-refractivity contribution is 8.18. The fourth-order valence-corrected chi connectivity index (χ4v) is 4.34. The number of halogens is 1. The van der Waals surface area contributed by atoms with Crippen LogP contribution in [0.5, 0.6) is 5.75 Å². The first-order valence-corrected chi connectivity index (χ1v) is 10.5. The summed E-state index contributed by atoms with van der Waals surface area (Å²) >= 11 is 7.02. The van der Waals surface area contributed by atoms with Gasteiger partial charge in [-0.2, -0.15) is 0 Å². The third-order valence-electron chi connectivity index (χ3n) is 4.73. The van der Waals surface area contributed by atoms with Gasteiger partial charge in [0.15, 0.2) is 0 Å². The van der Waals surface area contributed by atoms with Crippen LogP contribution in [0.1, 0.15) is 12.5 Å². The van der Waals surface area contributed by atoms with Gasteiger partial charge in [0.2, 0.25) is 0 Å². The highest BCUT2D eigenvalue weighted by Crippen LogP contribution is 2.34.